The molecule has 0 atom stereocenters. The highest BCUT2D eigenvalue weighted by Gasteiger charge is 2.05. The Hall–Kier alpha value is -2.27. The predicted molar refractivity (Wildman–Crippen MR) is 93.3 cm³/mol. The monoisotopic (exact) mass is 325 g/mol. The van der Waals surface area contributed by atoms with Gasteiger partial charge in [-0.05, 0) is 43.5 Å². The first-order valence-corrected chi connectivity index (χ1v) is 8.64. The van der Waals surface area contributed by atoms with E-state index < -0.39 is 0 Å². The first-order valence-electron chi connectivity index (χ1n) is 7.82. The number of thiazole rings is 1. The van der Waals surface area contributed by atoms with Crippen LogP contribution in [-0.2, 0) is 17.8 Å². The van der Waals surface area contributed by atoms with Crippen molar-refractivity contribution in [2.75, 3.05) is 0 Å². The summed E-state index contributed by atoms with van der Waals surface area (Å²) in [6.45, 7) is 0.498. The van der Waals surface area contributed by atoms with Crippen molar-refractivity contribution in [2.45, 2.75) is 32.2 Å². The molecule has 0 saturated heterocycles. The summed E-state index contributed by atoms with van der Waals surface area (Å²) in [5.41, 5.74) is 1.95. The number of amides is 1. The molecule has 1 aromatic carbocycles. The van der Waals surface area contributed by atoms with Crippen molar-refractivity contribution in [1.29, 1.82) is 0 Å². The van der Waals surface area contributed by atoms with Crippen LogP contribution >= 0.6 is 11.3 Å². The van der Waals surface area contributed by atoms with Gasteiger partial charge >= 0.3 is 0 Å². The predicted octanol–water partition coefficient (Wildman–Crippen LogP) is 3.72. The summed E-state index contributed by atoms with van der Waals surface area (Å²) < 4.78 is 1.23. The van der Waals surface area contributed by atoms with E-state index in [0.29, 0.717) is 13.0 Å². The third kappa shape index (κ3) is 4.60. The molecule has 2 aromatic heterocycles. The van der Waals surface area contributed by atoms with Crippen molar-refractivity contribution in [3.63, 3.8) is 0 Å². The molecule has 1 N–H and O–H groups in total. The summed E-state index contributed by atoms with van der Waals surface area (Å²) >= 11 is 1.74. The number of hydrogen-bond acceptors (Lipinski definition) is 4. The number of benzene rings is 1. The van der Waals surface area contributed by atoms with Gasteiger partial charge in [0.15, 0.2) is 0 Å². The van der Waals surface area contributed by atoms with Crippen molar-refractivity contribution >= 4 is 27.5 Å². The lowest BCUT2D eigenvalue weighted by Gasteiger charge is -2.04. The van der Waals surface area contributed by atoms with E-state index in [-0.39, 0.29) is 5.91 Å². The van der Waals surface area contributed by atoms with Crippen LogP contribution in [0.2, 0.25) is 0 Å². The number of nitrogens with zero attached hydrogens (tertiary/aromatic N) is 2. The number of nitrogens with one attached hydrogen (secondary N) is 1. The van der Waals surface area contributed by atoms with Crippen LogP contribution in [0.3, 0.4) is 0 Å². The highest BCUT2D eigenvalue weighted by Crippen LogP contribution is 2.22. The Balaban J connectivity index is 1.37. The molecule has 0 spiro atoms. The zero-order chi connectivity index (χ0) is 15.9. The number of pyridine rings is 1. The van der Waals surface area contributed by atoms with E-state index in [1.165, 1.54) is 4.70 Å². The second-order valence-electron chi connectivity index (χ2n) is 5.38. The largest absolute Gasteiger partial charge is 0.350 e. The number of hydrogen-bond donors (Lipinski definition) is 1. The van der Waals surface area contributed by atoms with E-state index in [0.717, 1.165) is 35.5 Å². The molecule has 1 amide bonds. The molecule has 5 heteroatoms. The molecule has 0 radical (unpaired) electrons. The Morgan fingerprint density at radius 2 is 1.96 bits per heavy atom. The summed E-state index contributed by atoms with van der Waals surface area (Å²) in [6, 6.07) is 13.9. The van der Waals surface area contributed by atoms with Crippen LogP contribution in [0, 0.1) is 0 Å². The van der Waals surface area contributed by atoms with Crippen LogP contribution in [0.25, 0.3) is 10.2 Å². The molecule has 0 bridgehead atoms. The molecule has 0 unspecified atom stereocenters. The van der Waals surface area contributed by atoms with Gasteiger partial charge < -0.3 is 5.32 Å². The van der Waals surface area contributed by atoms with Gasteiger partial charge in [0.05, 0.1) is 27.5 Å². The van der Waals surface area contributed by atoms with Crippen LogP contribution in [0.5, 0.6) is 0 Å². The maximum atomic E-state index is 11.8. The summed E-state index contributed by atoms with van der Waals surface area (Å²) in [7, 11) is 0. The molecule has 0 fully saturated rings. The molecule has 4 nitrogen and oxygen atoms in total. The Bertz CT molecular complexity index is 737. The molecule has 118 valence electrons. The van der Waals surface area contributed by atoms with Gasteiger partial charge in [0.1, 0.15) is 0 Å². The fourth-order valence-electron chi connectivity index (χ4n) is 2.37. The fourth-order valence-corrected chi connectivity index (χ4v) is 3.38. The van der Waals surface area contributed by atoms with Crippen molar-refractivity contribution in [1.82, 2.24) is 15.3 Å². The molecule has 0 saturated carbocycles. The van der Waals surface area contributed by atoms with E-state index in [9.17, 15) is 4.79 Å². The number of unbranched alkanes of at least 4 members (excludes halogenated alkanes) is 1. The normalized spacial score (nSPS) is 10.8. The van der Waals surface area contributed by atoms with Gasteiger partial charge in [-0.25, -0.2) is 4.98 Å². The van der Waals surface area contributed by atoms with Crippen LogP contribution in [0.1, 0.15) is 30.0 Å². The second kappa shape index (κ2) is 7.83. The van der Waals surface area contributed by atoms with Gasteiger partial charge in [0.2, 0.25) is 5.91 Å². The van der Waals surface area contributed by atoms with Crippen molar-refractivity contribution in [2.24, 2.45) is 0 Å². The number of aryl methyl sites for hydroxylation is 1. The second-order valence-corrected chi connectivity index (χ2v) is 6.50. The van der Waals surface area contributed by atoms with Crippen LogP contribution in [0.15, 0.2) is 48.7 Å². The summed E-state index contributed by atoms with van der Waals surface area (Å²) in [4.78, 5) is 20.6. The van der Waals surface area contributed by atoms with Gasteiger partial charge in [-0.15, -0.1) is 11.3 Å². The maximum Gasteiger partial charge on any atom is 0.220 e. The van der Waals surface area contributed by atoms with Crippen LogP contribution < -0.4 is 5.32 Å². The lowest BCUT2D eigenvalue weighted by atomic mass is 10.2. The number of rotatable bonds is 7. The van der Waals surface area contributed by atoms with E-state index in [4.69, 9.17) is 0 Å². The highest BCUT2D eigenvalue weighted by atomic mass is 32.1. The summed E-state index contributed by atoms with van der Waals surface area (Å²) in [6.07, 6.45) is 5.09. The zero-order valence-electron chi connectivity index (χ0n) is 12.9. The van der Waals surface area contributed by atoms with E-state index >= 15 is 0 Å². The highest BCUT2D eigenvalue weighted by molar-refractivity contribution is 7.18. The minimum absolute atomic E-state index is 0.0833. The SMILES string of the molecule is O=C(CCCCc1nc2ccccc2s1)NCc1ccccn1. The van der Waals surface area contributed by atoms with Crippen molar-refractivity contribution in [3.05, 3.63) is 59.4 Å². The third-order valence-electron chi connectivity index (χ3n) is 3.58. The van der Waals surface area contributed by atoms with Crippen LogP contribution in [-0.4, -0.2) is 15.9 Å². The number of aromatic nitrogens is 2. The third-order valence-corrected chi connectivity index (χ3v) is 4.67. The Kier molecular flexibility index (Phi) is 5.32. The molecule has 0 aliphatic heterocycles. The fraction of sp³-hybridized carbons (Fsp3) is 0.278. The number of carbonyl (C=O) groups is 1. The van der Waals surface area contributed by atoms with Gasteiger partial charge in [-0.2, -0.15) is 0 Å². The average Bonchev–Trinajstić information content (AvgIpc) is 3.00. The van der Waals surface area contributed by atoms with E-state index in [1.54, 1.807) is 17.5 Å². The molecule has 23 heavy (non-hydrogen) atoms. The molecule has 0 aliphatic rings. The van der Waals surface area contributed by atoms with Gasteiger partial charge in [0, 0.05) is 12.6 Å². The lowest BCUT2D eigenvalue weighted by molar-refractivity contribution is -0.121. The van der Waals surface area contributed by atoms with Crippen LogP contribution in [0.4, 0.5) is 0 Å². The first kappa shape index (κ1) is 15.6. The smallest absolute Gasteiger partial charge is 0.220 e. The van der Waals surface area contributed by atoms with E-state index in [2.05, 4.69) is 21.4 Å². The van der Waals surface area contributed by atoms with E-state index in [1.807, 2.05) is 36.4 Å². The zero-order valence-corrected chi connectivity index (χ0v) is 13.7. The lowest BCUT2D eigenvalue weighted by Crippen LogP contribution is -2.22. The topological polar surface area (TPSA) is 54.9 Å². The van der Waals surface area contributed by atoms with Crippen molar-refractivity contribution < 1.29 is 4.79 Å². The molecule has 2 heterocycles. The van der Waals surface area contributed by atoms with Gasteiger partial charge in [0.25, 0.3) is 0 Å². The minimum atomic E-state index is 0.0833. The maximum absolute atomic E-state index is 11.8. The van der Waals surface area contributed by atoms with Gasteiger partial charge in [-0.3, -0.25) is 9.78 Å². The van der Waals surface area contributed by atoms with Crippen molar-refractivity contribution in [3.8, 4) is 0 Å². The quantitative estimate of drug-likeness (QED) is 0.674. The number of fused-ring (bicyclic) bond motifs is 1. The number of carbonyl (C=O) groups excluding carboxylic acids is 1. The minimum Gasteiger partial charge on any atom is -0.350 e. The summed E-state index contributed by atoms with van der Waals surface area (Å²) in [5, 5.41) is 4.06. The standard InChI is InChI=1S/C18H19N3OS/c22-17(20-13-14-7-5-6-12-19-14)10-3-4-11-18-21-15-8-1-2-9-16(15)23-18/h1-2,5-9,12H,3-4,10-11,13H2,(H,20,22). The Morgan fingerprint density at radius 3 is 2.78 bits per heavy atom. The molecule has 3 aromatic rings. The molecular weight excluding hydrogens is 306 g/mol. The summed E-state index contributed by atoms with van der Waals surface area (Å²) in [5.74, 6) is 0.0833. The van der Waals surface area contributed by atoms with Gasteiger partial charge in [-0.1, -0.05) is 18.2 Å². The number of para-hydroxylation sites is 1. The molecule has 0 aliphatic carbocycles. The first-order chi connectivity index (χ1) is 11.3. The Labute approximate surface area is 139 Å². The Morgan fingerprint density at radius 1 is 1.09 bits per heavy atom. The average molecular weight is 325 g/mol. The molecular formula is C18H19N3OS. The molecule has 3 rings (SSSR count).